The minimum Gasteiger partial charge on any atom is -0.496 e. The van der Waals surface area contributed by atoms with E-state index in [2.05, 4.69) is 45.1 Å². The summed E-state index contributed by atoms with van der Waals surface area (Å²) < 4.78 is 11.5. The van der Waals surface area contributed by atoms with Crippen LogP contribution in [0.3, 0.4) is 0 Å². The highest BCUT2D eigenvalue weighted by Crippen LogP contribution is 2.34. The van der Waals surface area contributed by atoms with Crippen LogP contribution in [0.2, 0.25) is 0 Å². The van der Waals surface area contributed by atoms with Crippen LogP contribution in [0.25, 0.3) is 0 Å². The Balaban J connectivity index is 2.29. The maximum absolute atomic E-state index is 6.05. The van der Waals surface area contributed by atoms with Gasteiger partial charge in [-0.25, -0.2) is 0 Å². The SMILES string of the molecule is COc1ccc(C)cc1C1OCC(C)(C)NC1C. The van der Waals surface area contributed by atoms with Gasteiger partial charge in [0.2, 0.25) is 0 Å². The number of nitrogens with one attached hydrogen (secondary N) is 1. The van der Waals surface area contributed by atoms with Crippen molar-refractivity contribution in [3.63, 3.8) is 0 Å². The van der Waals surface area contributed by atoms with E-state index in [1.165, 1.54) is 5.56 Å². The van der Waals surface area contributed by atoms with E-state index in [1.807, 2.05) is 6.07 Å². The highest BCUT2D eigenvalue weighted by Gasteiger charge is 2.34. The third-order valence-corrected chi connectivity index (χ3v) is 3.39. The summed E-state index contributed by atoms with van der Waals surface area (Å²) in [6.45, 7) is 9.28. The van der Waals surface area contributed by atoms with Gasteiger partial charge in [-0.15, -0.1) is 0 Å². The lowest BCUT2D eigenvalue weighted by atomic mass is 9.94. The molecule has 1 saturated heterocycles. The molecule has 3 nitrogen and oxygen atoms in total. The van der Waals surface area contributed by atoms with Crippen LogP contribution in [0.15, 0.2) is 18.2 Å². The maximum atomic E-state index is 6.05. The highest BCUT2D eigenvalue weighted by atomic mass is 16.5. The van der Waals surface area contributed by atoms with Gasteiger partial charge in [0, 0.05) is 17.1 Å². The average molecular weight is 249 g/mol. The number of rotatable bonds is 2. The maximum Gasteiger partial charge on any atom is 0.124 e. The van der Waals surface area contributed by atoms with Gasteiger partial charge in [-0.1, -0.05) is 11.6 Å². The number of methoxy groups -OCH3 is 1. The molecular weight excluding hydrogens is 226 g/mol. The summed E-state index contributed by atoms with van der Waals surface area (Å²) in [5.74, 6) is 0.902. The third kappa shape index (κ3) is 2.68. The molecule has 1 aromatic rings. The summed E-state index contributed by atoms with van der Waals surface area (Å²) in [6.07, 6.45) is 0.0490. The molecule has 0 bridgehead atoms. The molecule has 0 aliphatic carbocycles. The Morgan fingerprint density at radius 1 is 1.39 bits per heavy atom. The zero-order valence-corrected chi connectivity index (χ0v) is 11.9. The Labute approximate surface area is 109 Å². The van der Waals surface area contributed by atoms with E-state index in [4.69, 9.17) is 9.47 Å². The molecule has 1 heterocycles. The fraction of sp³-hybridized carbons (Fsp3) is 0.600. The number of benzene rings is 1. The van der Waals surface area contributed by atoms with Crippen LogP contribution in [-0.2, 0) is 4.74 Å². The highest BCUT2D eigenvalue weighted by molar-refractivity contribution is 5.39. The minimum absolute atomic E-state index is 0.0347. The Bertz CT molecular complexity index is 429. The second-order valence-electron chi connectivity index (χ2n) is 5.79. The average Bonchev–Trinajstić information content (AvgIpc) is 2.28. The third-order valence-electron chi connectivity index (χ3n) is 3.39. The second kappa shape index (κ2) is 4.90. The van der Waals surface area contributed by atoms with E-state index >= 15 is 0 Å². The number of hydrogen-bond acceptors (Lipinski definition) is 3. The van der Waals surface area contributed by atoms with Crippen LogP contribution in [0.5, 0.6) is 5.75 Å². The first kappa shape index (κ1) is 13.4. The number of morpholine rings is 1. The van der Waals surface area contributed by atoms with Gasteiger partial charge in [-0.3, -0.25) is 0 Å². The van der Waals surface area contributed by atoms with Gasteiger partial charge < -0.3 is 14.8 Å². The topological polar surface area (TPSA) is 30.5 Å². The molecule has 0 amide bonds. The molecule has 1 fully saturated rings. The fourth-order valence-corrected chi connectivity index (χ4v) is 2.61. The standard InChI is InChI=1S/C15H23NO2/c1-10-6-7-13(17-5)12(8-10)14-11(2)16-15(3,4)9-18-14/h6-8,11,14,16H,9H2,1-5H3. The molecule has 0 aromatic heterocycles. The van der Waals surface area contributed by atoms with Crippen molar-refractivity contribution in [2.24, 2.45) is 0 Å². The van der Waals surface area contributed by atoms with E-state index in [0.29, 0.717) is 6.61 Å². The quantitative estimate of drug-likeness (QED) is 0.874. The number of aryl methyl sites for hydroxylation is 1. The van der Waals surface area contributed by atoms with E-state index in [1.54, 1.807) is 7.11 Å². The smallest absolute Gasteiger partial charge is 0.124 e. The van der Waals surface area contributed by atoms with Gasteiger partial charge in [-0.2, -0.15) is 0 Å². The Morgan fingerprint density at radius 3 is 2.72 bits per heavy atom. The summed E-state index contributed by atoms with van der Waals surface area (Å²) in [4.78, 5) is 0. The molecule has 0 spiro atoms. The first-order chi connectivity index (χ1) is 8.43. The van der Waals surface area contributed by atoms with Gasteiger partial charge in [0.05, 0.1) is 13.7 Å². The molecule has 1 aliphatic heterocycles. The second-order valence-corrected chi connectivity index (χ2v) is 5.79. The minimum atomic E-state index is 0.0347. The van der Waals surface area contributed by atoms with Crippen LogP contribution in [0, 0.1) is 6.92 Å². The summed E-state index contributed by atoms with van der Waals surface area (Å²) in [5, 5.41) is 3.59. The van der Waals surface area contributed by atoms with Crippen molar-refractivity contribution in [2.45, 2.75) is 45.4 Å². The summed E-state index contributed by atoms with van der Waals surface area (Å²) in [7, 11) is 1.71. The molecule has 0 radical (unpaired) electrons. The first-order valence-electron chi connectivity index (χ1n) is 6.47. The number of ether oxygens (including phenoxy) is 2. The molecule has 1 N–H and O–H groups in total. The van der Waals surface area contributed by atoms with Crippen LogP contribution < -0.4 is 10.1 Å². The molecule has 1 aliphatic rings. The molecule has 2 rings (SSSR count). The van der Waals surface area contributed by atoms with E-state index < -0.39 is 0 Å². The molecular formula is C15H23NO2. The zero-order chi connectivity index (χ0) is 13.3. The predicted octanol–water partition coefficient (Wildman–Crippen LogP) is 2.83. The van der Waals surface area contributed by atoms with Crippen molar-refractivity contribution in [2.75, 3.05) is 13.7 Å². The van der Waals surface area contributed by atoms with Crippen molar-refractivity contribution in [3.05, 3.63) is 29.3 Å². The van der Waals surface area contributed by atoms with Crippen LogP contribution in [0.1, 0.15) is 38.0 Å². The Kier molecular flexibility index (Phi) is 3.64. The van der Waals surface area contributed by atoms with E-state index in [9.17, 15) is 0 Å². The Morgan fingerprint density at radius 2 is 2.11 bits per heavy atom. The lowest BCUT2D eigenvalue weighted by Gasteiger charge is -2.41. The Hall–Kier alpha value is -1.06. The largest absolute Gasteiger partial charge is 0.496 e. The van der Waals surface area contributed by atoms with Crippen molar-refractivity contribution in [3.8, 4) is 5.75 Å². The number of hydrogen-bond donors (Lipinski definition) is 1. The summed E-state index contributed by atoms with van der Waals surface area (Å²) >= 11 is 0. The fourth-order valence-electron chi connectivity index (χ4n) is 2.61. The molecule has 18 heavy (non-hydrogen) atoms. The van der Waals surface area contributed by atoms with Gasteiger partial charge in [0.25, 0.3) is 0 Å². The van der Waals surface area contributed by atoms with Crippen molar-refractivity contribution in [1.82, 2.24) is 5.32 Å². The first-order valence-corrected chi connectivity index (χ1v) is 6.47. The molecule has 0 saturated carbocycles. The lowest BCUT2D eigenvalue weighted by molar-refractivity contribution is -0.0504. The predicted molar refractivity (Wildman–Crippen MR) is 73.1 cm³/mol. The monoisotopic (exact) mass is 249 g/mol. The molecule has 2 atom stereocenters. The van der Waals surface area contributed by atoms with Crippen molar-refractivity contribution < 1.29 is 9.47 Å². The molecule has 3 heteroatoms. The van der Waals surface area contributed by atoms with Crippen LogP contribution >= 0.6 is 0 Å². The molecule has 100 valence electrons. The van der Waals surface area contributed by atoms with Crippen LogP contribution in [-0.4, -0.2) is 25.3 Å². The van der Waals surface area contributed by atoms with E-state index in [0.717, 1.165) is 11.3 Å². The van der Waals surface area contributed by atoms with Crippen LogP contribution in [0.4, 0.5) is 0 Å². The normalized spacial score (nSPS) is 26.9. The zero-order valence-electron chi connectivity index (χ0n) is 11.9. The van der Waals surface area contributed by atoms with Gasteiger partial charge in [0.1, 0.15) is 11.9 Å². The molecule has 1 aromatic carbocycles. The van der Waals surface area contributed by atoms with E-state index in [-0.39, 0.29) is 17.7 Å². The summed E-state index contributed by atoms with van der Waals surface area (Å²) in [5.41, 5.74) is 2.40. The van der Waals surface area contributed by atoms with Gasteiger partial charge in [-0.05, 0) is 39.8 Å². The van der Waals surface area contributed by atoms with Gasteiger partial charge >= 0.3 is 0 Å². The molecule has 2 unspecified atom stereocenters. The lowest BCUT2D eigenvalue weighted by Crippen LogP contribution is -2.55. The van der Waals surface area contributed by atoms with Crippen molar-refractivity contribution >= 4 is 0 Å². The van der Waals surface area contributed by atoms with Crippen molar-refractivity contribution in [1.29, 1.82) is 0 Å². The summed E-state index contributed by atoms with van der Waals surface area (Å²) in [6, 6.07) is 6.50. The van der Waals surface area contributed by atoms with Gasteiger partial charge in [0.15, 0.2) is 0 Å².